The van der Waals surface area contributed by atoms with Gasteiger partial charge in [-0.2, -0.15) is 0 Å². The molecular weight excluding hydrogens is 302 g/mol. The van der Waals surface area contributed by atoms with Crippen LogP contribution < -0.4 is 5.32 Å². The van der Waals surface area contributed by atoms with Crippen LogP contribution in [0.1, 0.15) is 26.5 Å². The lowest BCUT2D eigenvalue weighted by Crippen LogP contribution is -2.15. The summed E-state index contributed by atoms with van der Waals surface area (Å²) in [4.78, 5) is 9.21. The highest BCUT2D eigenvalue weighted by atomic mass is 79.9. The summed E-state index contributed by atoms with van der Waals surface area (Å²) in [5.74, 6) is 1.60. The Balaban J connectivity index is 2.54. The van der Waals surface area contributed by atoms with Gasteiger partial charge >= 0.3 is 0 Å². The van der Waals surface area contributed by atoms with Crippen molar-refractivity contribution < 1.29 is 0 Å². The van der Waals surface area contributed by atoms with E-state index in [9.17, 15) is 0 Å². The number of benzene rings is 1. The molecule has 3 nitrogen and oxygen atoms in total. The Morgan fingerprint density at radius 3 is 2.21 bits per heavy atom. The quantitative estimate of drug-likeness (QED) is 0.899. The summed E-state index contributed by atoms with van der Waals surface area (Å²) in [6.07, 6.45) is 0. The van der Waals surface area contributed by atoms with Crippen LogP contribution in [-0.2, 0) is 5.41 Å². The molecular formula is C15H18BrN3. The molecule has 0 unspecified atom stereocenters. The first-order valence-corrected chi connectivity index (χ1v) is 7.03. The minimum Gasteiger partial charge on any atom is -0.373 e. The summed E-state index contributed by atoms with van der Waals surface area (Å²) < 4.78 is 1.05. The lowest BCUT2D eigenvalue weighted by atomic mass is 9.92. The van der Waals surface area contributed by atoms with Crippen LogP contribution in [0.25, 0.3) is 11.4 Å². The molecule has 1 N–H and O–H groups in total. The highest BCUT2D eigenvalue weighted by Crippen LogP contribution is 2.26. The number of aromatic nitrogens is 2. The highest BCUT2D eigenvalue weighted by Gasteiger charge is 2.18. The van der Waals surface area contributed by atoms with Crippen LogP contribution in [0, 0.1) is 0 Å². The Kier molecular flexibility index (Phi) is 3.90. The second-order valence-electron chi connectivity index (χ2n) is 5.47. The molecule has 0 bridgehead atoms. The van der Waals surface area contributed by atoms with Crippen LogP contribution in [0.5, 0.6) is 0 Å². The van der Waals surface area contributed by atoms with Crippen LogP contribution in [0.2, 0.25) is 0 Å². The van der Waals surface area contributed by atoms with E-state index in [1.54, 1.807) is 0 Å². The van der Waals surface area contributed by atoms with Gasteiger partial charge in [0.15, 0.2) is 5.82 Å². The van der Waals surface area contributed by atoms with Gasteiger partial charge in [0.1, 0.15) is 5.82 Å². The second-order valence-corrected chi connectivity index (χ2v) is 6.38. The Hall–Kier alpha value is -1.42. The van der Waals surface area contributed by atoms with Gasteiger partial charge in [-0.3, -0.25) is 0 Å². The van der Waals surface area contributed by atoms with Gasteiger partial charge < -0.3 is 5.32 Å². The smallest absolute Gasteiger partial charge is 0.161 e. The maximum absolute atomic E-state index is 4.69. The van der Waals surface area contributed by atoms with E-state index in [4.69, 9.17) is 0 Å². The standard InChI is InChI=1S/C15H18BrN3/c1-15(2,3)12-9-13(17-4)19-14(18-12)10-5-7-11(16)8-6-10/h5-9H,1-4H3,(H,17,18,19). The molecule has 2 rings (SSSR count). The van der Waals surface area contributed by atoms with E-state index >= 15 is 0 Å². The molecule has 0 amide bonds. The Bertz CT molecular complexity index is 571. The van der Waals surface area contributed by atoms with E-state index in [0.29, 0.717) is 0 Å². The normalized spacial score (nSPS) is 11.4. The van der Waals surface area contributed by atoms with Crippen molar-refractivity contribution in [2.75, 3.05) is 12.4 Å². The van der Waals surface area contributed by atoms with Crippen LogP contribution in [0.4, 0.5) is 5.82 Å². The van der Waals surface area contributed by atoms with Gasteiger partial charge in [0.25, 0.3) is 0 Å². The third-order valence-electron chi connectivity index (χ3n) is 2.85. The maximum atomic E-state index is 4.69. The largest absolute Gasteiger partial charge is 0.373 e. The summed E-state index contributed by atoms with van der Waals surface area (Å²) in [5.41, 5.74) is 2.05. The minimum atomic E-state index is -0.00134. The van der Waals surface area contributed by atoms with E-state index in [1.165, 1.54) is 0 Å². The number of halogens is 1. The fourth-order valence-electron chi connectivity index (χ4n) is 1.69. The summed E-state index contributed by atoms with van der Waals surface area (Å²) in [5, 5.41) is 3.10. The van der Waals surface area contributed by atoms with Crippen molar-refractivity contribution in [2.24, 2.45) is 0 Å². The van der Waals surface area contributed by atoms with Gasteiger partial charge in [-0.15, -0.1) is 0 Å². The predicted molar refractivity (Wildman–Crippen MR) is 83.4 cm³/mol. The van der Waals surface area contributed by atoms with Crippen molar-refractivity contribution in [1.82, 2.24) is 9.97 Å². The van der Waals surface area contributed by atoms with E-state index in [0.717, 1.165) is 27.4 Å². The zero-order valence-electron chi connectivity index (χ0n) is 11.7. The fraction of sp³-hybridized carbons (Fsp3) is 0.333. The zero-order chi connectivity index (χ0) is 14.0. The van der Waals surface area contributed by atoms with Gasteiger partial charge in [-0.1, -0.05) is 48.8 Å². The van der Waals surface area contributed by atoms with Crippen molar-refractivity contribution in [3.8, 4) is 11.4 Å². The van der Waals surface area contributed by atoms with Crippen molar-refractivity contribution in [3.63, 3.8) is 0 Å². The average Bonchev–Trinajstić information content (AvgIpc) is 2.38. The minimum absolute atomic E-state index is 0.00134. The molecule has 0 spiro atoms. The Labute approximate surface area is 122 Å². The van der Waals surface area contributed by atoms with E-state index in [2.05, 4.69) is 52.0 Å². The van der Waals surface area contributed by atoms with Gasteiger partial charge in [0, 0.05) is 28.6 Å². The molecule has 0 aliphatic rings. The molecule has 0 radical (unpaired) electrons. The van der Waals surface area contributed by atoms with Crippen molar-refractivity contribution in [2.45, 2.75) is 26.2 Å². The summed E-state index contributed by atoms with van der Waals surface area (Å²) in [7, 11) is 1.88. The number of nitrogens with one attached hydrogen (secondary N) is 1. The highest BCUT2D eigenvalue weighted by molar-refractivity contribution is 9.10. The monoisotopic (exact) mass is 319 g/mol. The first-order valence-electron chi connectivity index (χ1n) is 6.23. The van der Waals surface area contributed by atoms with Crippen molar-refractivity contribution >= 4 is 21.7 Å². The summed E-state index contributed by atoms with van der Waals surface area (Å²) in [6.45, 7) is 6.46. The van der Waals surface area contributed by atoms with Gasteiger partial charge in [-0.05, 0) is 12.1 Å². The van der Waals surface area contributed by atoms with Crippen LogP contribution >= 0.6 is 15.9 Å². The molecule has 19 heavy (non-hydrogen) atoms. The third-order valence-corrected chi connectivity index (χ3v) is 3.38. The lowest BCUT2D eigenvalue weighted by molar-refractivity contribution is 0.568. The number of hydrogen-bond donors (Lipinski definition) is 1. The molecule has 0 aliphatic carbocycles. The van der Waals surface area contributed by atoms with Crippen LogP contribution in [0.15, 0.2) is 34.8 Å². The first kappa shape index (κ1) is 14.0. The second kappa shape index (κ2) is 5.29. The number of anilines is 1. The molecule has 4 heteroatoms. The molecule has 1 aromatic carbocycles. The SMILES string of the molecule is CNc1cc(C(C)(C)C)nc(-c2ccc(Br)cc2)n1. The van der Waals surface area contributed by atoms with Crippen molar-refractivity contribution in [1.29, 1.82) is 0 Å². The number of nitrogens with zero attached hydrogens (tertiary/aromatic N) is 2. The molecule has 0 saturated carbocycles. The van der Waals surface area contributed by atoms with Gasteiger partial charge in [-0.25, -0.2) is 9.97 Å². The first-order chi connectivity index (χ1) is 8.90. The van der Waals surface area contributed by atoms with Crippen LogP contribution in [-0.4, -0.2) is 17.0 Å². The lowest BCUT2D eigenvalue weighted by Gasteiger charge is -2.19. The zero-order valence-corrected chi connectivity index (χ0v) is 13.2. The maximum Gasteiger partial charge on any atom is 0.161 e. The predicted octanol–water partition coefficient (Wildman–Crippen LogP) is 4.25. The molecule has 0 aliphatic heterocycles. The molecule has 2 aromatic rings. The van der Waals surface area contributed by atoms with E-state index < -0.39 is 0 Å². The third kappa shape index (κ3) is 3.32. The average molecular weight is 320 g/mol. The molecule has 0 fully saturated rings. The Morgan fingerprint density at radius 1 is 1.05 bits per heavy atom. The Morgan fingerprint density at radius 2 is 1.68 bits per heavy atom. The van der Waals surface area contributed by atoms with Crippen molar-refractivity contribution in [3.05, 3.63) is 40.5 Å². The topological polar surface area (TPSA) is 37.8 Å². The summed E-state index contributed by atoms with van der Waals surface area (Å²) >= 11 is 3.44. The van der Waals surface area contributed by atoms with E-state index in [-0.39, 0.29) is 5.41 Å². The van der Waals surface area contributed by atoms with Crippen LogP contribution in [0.3, 0.4) is 0 Å². The van der Waals surface area contributed by atoms with Gasteiger partial charge in [0.2, 0.25) is 0 Å². The van der Waals surface area contributed by atoms with Gasteiger partial charge in [0.05, 0.1) is 5.69 Å². The number of hydrogen-bond acceptors (Lipinski definition) is 3. The number of rotatable bonds is 2. The fourth-order valence-corrected chi connectivity index (χ4v) is 1.95. The molecule has 100 valence electrons. The molecule has 1 aromatic heterocycles. The molecule has 0 saturated heterocycles. The molecule has 0 atom stereocenters. The van der Waals surface area contributed by atoms with E-state index in [1.807, 2.05) is 37.4 Å². The summed E-state index contributed by atoms with van der Waals surface area (Å²) in [6, 6.07) is 10.0. The molecule has 1 heterocycles.